The van der Waals surface area contributed by atoms with Crippen LogP contribution < -0.4 is 10.6 Å². The minimum atomic E-state index is -2.88. The Labute approximate surface area is 179 Å². The summed E-state index contributed by atoms with van der Waals surface area (Å²) < 4.78 is 0. The number of nitrogens with zero attached hydrogens (tertiary/aromatic N) is 1. The molecule has 0 aliphatic heterocycles. The Bertz CT molecular complexity index is 709. The molecule has 0 aliphatic carbocycles. The van der Waals surface area contributed by atoms with Gasteiger partial charge in [-0.1, -0.05) is 0 Å². The zero-order valence-corrected chi connectivity index (χ0v) is 18.9. The molecule has 5 heteroatoms. The van der Waals surface area contributed by atoms with Crippen molar-refractivity contribution in [3.8, 4) is 0 Å². The summed E-state index contributed by atoms with van der Waals surface area (Å²) in [5.74, 6) is -2.88. The zero-order valence-electron chi connectivity index (χ0n) is 12.9. The van der Waals surface area contributed by atoms with Crippen LogP contribution in [0.3, 0.4) is 0 Å². The Balaban J connectivity index is 0.00000144. The molecule has 0 amide bonds. The molecule has 132 valence electrons. The second kappa shape index (κ2) is 8.98. The Kier molecular flexibility index (Phi) is 8.19. The second-order valence-corrected chi connectivity index (χ2v) is 13.0. The van der Waals surface area contributed by atoms with Crippen molar-refractivity contribution >= 4 is 27.8 Å². The summed E-state index contributed by atoms with van der Waals surface area (Å²) in [7, 11) is 0. The summed E-state index contributed by atoms with van der Waals surface area (Å²) >= 11 is 1.70. The van der Waals surface area contributed by atoms with E-state index in [2.05, 4.69) is 66.8 Å². The van der Waals surface area contributed by atoms with Gasteiger partial charge in [-0.3, -0.25) is 0 Å². The number of benzene rings is 2. The van der Waals surface area contributed by atoms with E-state index in [1.54, 1.807) is 11.4 Å². The van der Waals surface area contributed by atoms with Crippen molar-refractivity contribution < 1.29 is 44.8 Å². The number of hydrogen-bond donors (Lipinski definition) is 0. The molecule has 0 aliphatic rings. The normalized spacial score (nSPS) is 12.2. The van der Waals surface area contributed by atoms with Crippen LogP contribution in [-0.2, 0) is 44.8 Å². The van der Waals surface area contributed by atoms with Crippen LogP contribution in [0.1, 0.15) is 0 Å². The van der Waals surface area contributed by atoms with E-state index >= 15 is 0 Å². The third kappa shape index (κ3) is 4.52. The standard InChI is InChI=1S/C19H18NPS.2Au/c1-21(2,17-11-5-3-6-12-17,18-13-7-4-8-14-18)22-19-15-9-10-16-20-19;;/h3-16H,1-2H2;;/q-2;2*+1. The van der Waals surface area contributed by atoms with Crippen LogP contribution >= 0.6 is 17.2 Å². The van der Waals surface area contributed by atoms with Crippen LogP contribution in [0.2, 0.25) is 0 Å². The summed E-state index contributed by atoms with van der Waals surface area (Å²) in [6.45, 7) is 9.36. The molecule has 1 nitrogen and oxygen atoms in total. The first-order valence-electron chi connectivity index (χ1n) is 7.06. The zero-order chi connectivity index (χ0) is 15.5. The monoisotopic (exact) mass is 717 g/mol. The second-order valence-electron chi connectivity index (χ2n) is 5.34. The first-order valence-corrected chi connectivity index (χ1v) is 11.1. The van der Waals surface area contributed by atoms with Crippen LogP contribution in [-0.4, -0.2) is 4.98 Å². The van der Waals surface area contributed by atoms with Gasteiger partial charge in [0, 0.05) is 0 Å². The third-order valence-electron chi connectivity index (χ3n) is 3.66. The maximum absolute atomic E-state index is 4.68. The van der Waals surface area contributed by atoms with Crippen LogP contribution in [0, 0.1) is 13.3 Å². The average molecular weight is 717 g/mol. The fourth-order valence-electron chi connectivity index (χ4n) is 2.43. The van der Waals surface area contributed by atoms with Crippen LogP contribution in [0.25, 0.3) is 0 Å². The van der Waals surface area contributed by atoms with Gasteiger partial charge in [-0.2, -0.15) is 0 Å². The van der Waals surface area contributed by atoms with Crippen LogP contribution in [0.5, 0.6) is 0 Å². The minimum absolute atomic E-state index is 0. The Morgan fingerprint density at radius 3 is 1.54 bits per heavy atom. The van der Waals surface area contributed by atoms with Gasteiger partial charge in [0.15, 0.2) is 0 Å². The van der Waals surface area contributed by atoms with Gasteiger partial charge in [0.2, 0.25) is 0 Å². The average Bonchev–Trinajstić information content (AvgIpc) is 2.57. The molecule has 0 unspecified atom stereocenters. The molecule has 0 atom stereocenters. The van der Waals surface area contributed by atoms with Crippen molar-refractivity contribution in [2.75, 3.05) is 0 Å². The molecule has 0 N–H and O–H groups in total. The molecule has 0 radical (unpaired) electrons. The third-order valence-corrected chi connectivity index (χ3v) is 10.7. The van der Waals surface area contributed by atoms with E-state index in [1.807, 2.05) is 36.5 Å². The van der Waals surface area contributed by atoms with E-state index in [-0.39, 0.29) is 44.8 Å². The van der Waals surface area contributed by atoms with E-state index in [4.69, 9.17) is 0 Å². The number of pyridine rings is 1. The maximum atomic E-state index is 4.68. The van der Waals surface area contributed by atoms with E-state index < -0.39 is 5.81 Å². The summed E-state index contributed by atoms with van der Waals surface area (Å²) in [5.41, 5.74) is 0. The van der Waals surface area contributed by atoms with Crippen molar-refractivity contribution in [2.24, 2.45) is 0 Å². The molecule has 0 bridgehead atoms. The topological polar surface area (TPSA) is 12.9 Å². The Morgan fingerprint density at radius 1 is 0.667 bits per heavy atom. The number of rotatable bonds is 4. The summed E-state index contributed by atoms with van der Waals surface area (Å²) in [6, 6.07) is 26.7. The molecular formula is C19H18Au2NPS. The van der Waals surface area contributed by atoms with Gasteiger partial charge < -0.3 is 0 Å². The van der Waals surface area contributed by atoms with Gasteiger partial charge in [0.25, 0.3) is 0 Å². The SMILES string of the molecule is [Au+].[Au+].[CH2-]P([CH2-])(Sc1ccccn1)(c1ccccc1)c1ccccc1. The van der Waals surface area contributed by atoms with Gasteiger partial charge in [0.05, 0.1) is 0 Å². The summed E-state index contributed by atoms with van der Waals surface area (Å²) in [6.07, 6.45) is 1.81. The van der Waals surface area contributed by atoms with Crippen molar-refractivity contribution in [2.45, 2.75) is 5.03 Å². The van der Waals surface area contributed by atoms with Gasteiger partial charge in [-0.05, 0) is 0 Å². The summed E-state index contributed by atoms with van der Waals surface area (Å²) in [4.78, 5) is 4.48. The predicted molar refractivity (Wildman–Crippen MR) is 99.9 cm³/mol. The predicted octanol–water partition coefficient (Wildman–Crippen LogP) is 4.87. The van der Waals surface area contributed by atoms with Crippen LogP contribution in [0.4, 0.5) is 0 Å². The van der Waals surface area contributed by atoms with Crippen molar-refractivity contribution in [3.63, 3.8) is 0 Å². The van der Waals surface area contributed by atoms with Crippen LogP contribution in [0.15, 0.2) is 90.1 Å². The fraction of sp³-hybridized carbons (Fsp3) is 0. The summed E-state index contributed by atoms with van der Waals surface area (Å²) in [5, 5.41) is 3.31. The quantitative estimate of drug-likeness (QED) is 0.217. The van der Waals surface area contributed by atoms with E-state index in [0.717, 1.165) is 5.03 Å². The molecule has 0 spiro atoms. The van der Waals surface area contributed by atoms with Gasteiger partial charge >= 0.3 is 181 Å². The number of hydrogen-bond acceptors (Lipinski definition) is 2. The van der Waals surface area contributed by atoms with Crippen molar-refractivity contribution in [1.82, 2.24) is 4.98 Å². The fourth-order valence-corrected chi connectivity index (χ4v) is 8.41. The molecule has 3 rings (SSSR count). The van der Waals surface area contributed by atoms with Gasteiger partial charge in [-0.25, -0.2) is 0 Å². The van der Waals surface area contributed by atoms with E-state index in [1.165, 1.54) is 10.6 Å². The van der Waals surface area contributed by atoms with Gasteiger partial charge in [0.1, 0.15) is 0 Å². The molecule has 0 saturated heterocycles. The molecule has 24 heavy (non-hydrogen) atoms. The molecule has 1 heterocycles. The first kappa shape index (κ1) is 21.9. The van der Waals surface area contributed by atoms with Gasteiger partial charge in [-0.15, -0.1) is 0 Å². The number of aromatic nitrogens is 1. The molecule has 0 fully saturated rings. The Hall–Kier alpha value is -0.149. The van der Waals surface area contributed by atoms with Crippen molar-refractivity contribution in [1.29, 1.82) is 0 Å². The van der Waals surface area contributed by atoms with Crippen molar-refractivity contribution in [3.05, 3.63) is 98.4 Å². The molecule has 0 saturated carbocycles. The molecular weight excluding hydrogens is 699 g/mol. The van der Waals surface area contributed by atoms with E-state index in [9.17, 15) is 0 Å². The first-order chi connectivity index (χ1) is 10.6. The molecule has 2 aromatic carbocycles. The molecule has 1 aromatic heterocycles. The Morgan fingerprint density at radius 2 is 1.12 bits per heavy atom. The molecule has 3 aromatic rings. The van der Waals surface area contributed by atoms with E-state index in [0.29, 0.717) is 0 Å².